The quantitative estimate of drug-likeness (QED) is 0.748. The molecule has 2 heterocycles. The largest absolute Gasteiger partial charge is 0.398 e. The lowest BCUT2D eigenvalue weighted by atomic mass is 10.1. The molecule has 3 rings (SSSR count). The maximum atomic E-state index is 5.94. The number of nitrogens with zero attached hydrogens (tertiary/aromatic N) is 3. The van der Waals surface area contributed by atoms with Gasteiger partial charge in [0, 0.05) is 28.7 Å². The van der Waals surface area contributed by atoms with Crippen molar-refractivity contribution in [2.24, 2.45) is 0 Å². The first-order valence-electron chi connectivity index (χ1n) is 6.51. The molecule has 5 nitrogen and oxygen atoms in total. The SMILES string of the molecule is CCc1cnccc1-c1noc(-c2ccc(Cl)cc2N)n1. The summed E-state index contributed by atoms with van der Waals surface area (Å²) in [5.74, 6) is 0.900. The Labute approximate surface area is 126 Å². The molecule has 0 fully saturated rings. The van der Waals surface area contributed by atoms with E-state index in [-0.39, 0.29) is 0 Å². The number of nitrogen functional groups attached to an aromatic ring is 1. The summed E-state index contributed by atoms with van der Waals surface area (Å²) in [6, 6.07) is 7.03. The molecule has 0 bridgehead atoms. The van der Waals surface area contributed by atoms with Crippen LogP contribution in [0.2, 0.25) is 5.02 Å². The normalized spacial score (nSPS) is 10.8. The van der Waals surface area contributed by atoms with Gasteiger partial charge in [0.15, 0.2) is 0 Å². The average molecular weight is 301 g/mol. The Balaban J connectivity index is 2.04. The van der Waals surface area contributed by atoms with Crippen LogP contribution >= 0.6 is 11.6 Å². The third kappa shape index (κ3) is 2.60. The summed E-state index contributed by atoms with van der Waals surface area (Å²) >= 11 is 5.89. The van der Waals surface area contributed by atoms with Crippen LogP contribution in [0.4, 0.5) is 5.69 Å². The second kappa shape index (κ2) is 5.54. The molecule has 0 radical (unpaired) electrons. The summed E-state index contributed by atoms with van der Waals surface area (Å²) in [5, 5.41) is 4.60. The lowest BCUT2D eigenvalue weighted by Crippen LogP contribution is -1.92. The summed E-state index contributed by atoms with van der Waals surface area (Å²) in [6.07, 6.45) is 4.36. The first-order chi connectivity index (χ1) is 10.2. The van der Waals surface area contributed by atoms with Gasteiger partial charge in [0.25, 0.3) is 5.89 Å². The van der Waals surface area contributed by atoms with Crippen molar-refractivity contribution in [2.75, 3.05) is 5.73 Å². The predicted octanol–water partition coefficient (Wildman–Crippen LogP) is 3.60. The lowest BCUT2D eigenvalue weighted by Gasteiger charge is -2.01. The number of halogens is 1. The van der Waals surface area contributed by atoms with E-state index in [1.54, 1.807) is 24.4 Å². The molecule has 0 aliphatic heterocycles. The summed E-state index contributed by atoms with van der Waals surface area (Å²) in [4.78, 5) is 8.53. The molecule has 2 aromatic heterocycles. The number of pyridine rings is 1. The second-order valence-electron chi connectivity index (χ2n) is 4.54. The maximum absolute atomic E-state index is 5.94. The minimum atomic E-state index is 0.373. The second-order valence-corrected chi connectivity index (χ2v) is 4.98. The van der Waals surface area contributed by atoms with E-state index >= 15 is 0 Å². The van der Waals surface area contributed by atoms with Crippen LogP contribution in [0.25, 0.3) is 22.8 Å². The van der Waals surface area contributed by atoms with E-state index < -0.39 is 0 Å². The van der Waals surface area contributed by atoms with E-state index in [4.69, 9.17) is 21.9 Å². The van der Waals surface area contributed by atoms with Gasteiger partial charge in [0.2, 0.25) is 5.82 Å². The fourth-order valence-electron chi connectivity index (χ4n) is 2.10. The highest BCUT2D eigenvalue weighted by Gasteiger charge is 2.15. The third-order valence-corrected chi connectivity index (χ3v) is 3.43. The zero-order valence-electron chi connectivity index (χ0n) is 11.4. The van der Waals surface area contributed by atoms with Crippen molar-refractivity contribution < 1.29 is 4.52 Å². The van der Waals surface area contributed by atoms with E-state index in [0.717, 1.165) is 17.5 Å². The van der Waals surface area contributed by atoms with Crippen molar-refractivity contribution in [1.82, 2.24) is 15.1 Å². The molecule has 0 spiro atoms. The van der Waals surface area contributed by atoms with Gasteiger partial charge in [0.05, 0.1) is 5.56 Å². The zero-order chi connectivity index (χ0) is 14.8. The Morgan fingerprint density at radius 2 is 2.10 bits per heavy atom. The molecule has 106 valence electrons. The van der Waals surface area contributed by atoms with Crippen molar-refractivity contribution in [3.8, 4) is 22.8 Å². The number of nitrogens with two attached hydrogens (primary N) is 1. The molecule has 0 aliphatic rings. The highest BCUT2D eigenvalue weighted by molar-refractivity contribution is 6.31. The van der Waals surface area contributed by atoms with E-state index in [0.29, 0.717) is 28.0 Å². The van der Waals surface area contributed by atoms with E-state index in [2.05, 4.69) is 22.0 Å². The Hall–Kier alpha value is -2.40. The molecular weight excluding hydrogens is 288 g/mol. The summed E-state index contributed by atoms with van der Waals surface area (Å²) in [5.41, 5.74) is 9.09. The average Bonchev–Trinajstić information content (AvgIpc) is 2.96. The van der Waals surface area contributed by atoms with Gasteiger partial charge in [-0.1, -0.05) is 23.7 Å². The van der Waals surface area contributed by atoms with E-state index in [1.807, 2.05) is 12.3 Å². The van der Waals surface area contributed by atoms with Crippen LogP contribution in [-0.2, 0) is 6.42 Å². The lowest BCUT2D eigenvalue weighted by molar-refractivity contribution is 0.432. The molecule has 6 heteroatoms. The third-order valence-electron chi connectivity index (χ3n) is 3.20. The molecule has 0 atom stereocenters. The molecule has 21 heavy (non-hydrogen) atoms. The van der Waals surface area contributed by atoms with Gasteiger partial charge in [-0.2, -0.15) is 4.98 Å². The van der Waals surface area contributed by atoms with Crippen LogP contribution in [-0.4, -0.2) is 15.1 Å². The summed E-state index contributed by atoms with van der Waals surface area (Å²) < 4.78 is 5.32. The number of hydrogen-bond donors (Lipinski definition) is 1. The van der Waals surface area contributed by atoms with Crippen LogP contribution in [0.1, 0.15) is 12.5 Å². The van der Waals surface area contributed by atoms with Gasteiger partial charge in [-0.05, 0) is 36.2 Å². The fourth-order valence-corrected chi connectivity index (χ4v) is 2.28. The van der Waals surface area contributed by atoms with Gasteiger partial charge in [-0.3, -0.25) is 4.98 Å². The van der Waals surface area contributed by atoms with Gasteiger partial charge in [0.1, 0.15) is 0 Å². The standard InChI is InChI=1S/C15H13ClN4O/c1-2-9-8-18-6-5-11(9)14-19-15(21-20-14)12-4-3-10(16)7-13(12)17/h3-8H,2,17H2,1H3. The van der Waals surface area contributed by atoms with Crippen LogP contribution in [0.3, 0.4) is 0 Å². The molecule has 0 saturated heterocycles. The Bertz CT molecular complexity index is 785. The highest BCUT2D eigenvalue weighted by atomic mass is 35.5. The number of rotatable bonds is 3. The number of benzene rings is 1. The molecular formula is C15H13ClN4O. The van der Waals surface area contributed by atoms with Crippen molar-refractivity contribution >= 4 is 17.3 Å². The predicted molar refractivity (Wildman–Crippen MR) is 81.8 cm³/mol. The van der Waals surface area contributed by atoms with Crippen LogP contribution in [0, 0.1) is 0 Å². The zero-order valence-corrected chi connectivity index (χ0v) is 12.1. The Kier molecular flexibility index (Phi) is 3.58. The number of hydrogen-bond acceptors (Lipinski definition) is 5. The van der Waals surface area contributed by atoms with Crippen LogP contribution < -0.4 is 5.73 Å². The monoisotopic (exact) mass is 300 g/mol. The van der Waals surface area contributed by atoms with Crippen LogP contribution in [0.5, 0.6) is 0 Å². The molecule has 3 aromatic rings. The molecule has 0 saturated carbocycles. The Morgan fingerprint density at radius 3 is 2.86 bits per heavy atom. The number of aromatic nitrogens is 3. The summed E-state index contributed by atoms with van der Waals surface area (Å²) in [6.45, 7) is 2.05. The minimum Gasteiger partial charge on any atom is -0.398 e. The molecule has 0 aliphatic carbocycles. The maximum Gasteiger partial charge on any atom is 0.260 e. The Morgan fingerprint density at radius 1 is 1.24 bits per heavy atom. The first kappa shape index (κ1) is 13.6. The van der Waals surface area contributed by atoms with Gasteiger partial charge in [-0.15, -0.1) is 0 Å². The number of aryl methyl sites for hydroxylation is 1. The molecule has 2 N–H and O–H groups in total. The topological polar surface area (TPSA) is 77.8 Å². The fraction of sp³-hybridized carbons (Fsp3) is 0.133. The van der Waals surface area contributed by atoms with Crippen molar-refractivity contribution in [3.63, 3.8) is 0 Å². The van der Waals surface area contributed by atoms with Gasteiger partial charge >= 0.3 is 0 Å². The highest BCUT2D eigenvalue weighted by Crippen LogP contribution is 2.29. The van der Waals surface area contributed by atoms with Gasteiger partial charge in [-0.25, -0.2) is 0 Å². The molecule has 0 amide bonds. The molecule has 0 unspecified atom stereocenters. The van der Waals surface area contributed by atoms with Crippen molar-refractivity contribution in [3.05, 3.63) is 47.2 Å². The number of anilines is 1. The van der Waals surface area contributed by atoms with Crippen molar-refractivity contribution in [2.45, 2.75) is 13.3 Å². The summed E-state index contributed by atoms with van der Waals surface area (Å²) in [7, 11) is 0. The van der Waals surface area contributed by atoms with Crippen LogP contribution in [0.15, 0.2) is 41.2 Å². The van der Waals surface area contributed by atoms with E-state index in [9.17, 15) is 0 Å². The van der Waals surface area contributed by atoms with Crippen molar-refractivity contribution in [1.29, 1.82) is 0 Å². The smallest absolute Gasteiger partial charge is 0.260 e. The van der Waals surface area contributed by atoms with E-state index in [1.165, 1.54) is 0 Å². The minimum absolute atomic E-state index is 0.373. The van der Waals surface area contributed by atoms with Gasteiger partial charge < -0.3 is 10.3 Å². The first-order valence-corrected chi connectivity index (χ1v) is 6.89. The molecule has 1 aromatic carbocycles.